The highest BCUT2D eigenvalue weighted by atomic mass is 19.1. The van der Waals surface area contributed by atoms with E-state index in [2.05, 4.69) is 0 Å². The van der Waals surface area contributed by atoms with Gasteiger partial charge < -0.3 is 9.84 Å². The van der Waals surface area contributed by atoms with Gasteiger partial charge in [0.1, 0.15) is 11.9 Å². The molecule has 0 saturated heterocycles. The first-order chi connectivity index (χ1) is 7.44. The molecule has 0 amide bonds. The predicted octanol–water partition coefficient (Wildman–Crippen LogP) is 2.98. The van der Waals surface area contributed by atoms with E-state index >= 15 is 0 Å². The standard InChI is InChI=1S/C13H19FO2/c1-5-13(3,16-4)12(15)10-6-7-11(14)9(2)8-10/h6-8,12,15H,5H2,1-4H3. The maximum absolute atomic E-state index is 13.1. The molecule has 0 fully saturated rings. The Morgan fingerprint density at radius 3 is 2.56 bits per heavy atom. The van der Waals surface area contributed by atoms with E-state index in [0.29, 0.717) is 17.5 Å². The number of aliphatic hydroxyl groups is 1. The summed E-state index contributed by atoms with van der Waals surface area (Å²) in [6.45, 7) is 5.47. The van der Waals surface area contributed by atoms with Crippen LogP contribution in [0.3, 0.4) is 0 Å². The molecule has 2 unspecified atom stereocenters. The second kappa shape index (κ2) is 4.93. The fraction of sp³-hybridized carbons (Fsp3) is 0.538. The fourth-order valence-electron chi connectivity index (χ4n) is 1.64. The first kappa shape index (κ1) is 13.1. The molecule has 1 aromatic carbocycles. The first-order valence-electron chi connectivity index (χ1n) is 5.44. The van der Waals surface area contributed by atoms with Gasteiger partial charge in [-0.2, -0.15) is 0 Å². The second-order valence-corrected chi connectivity index (χ2v) is 4.28. The monoisotopic (exact) mass is 226 g/mol. The highest BCUT2D eigenvalue weighted by Crippen LogP contribution is 2.32. The number of aryl methyl sites for hydroxylation is 1. The smallest absolute Gasteiger partial charge is 0.126 e. The van der Waals surface area contributed by atoms with Gasteiger partial charge in [0.2, 0.25) is 0 Å². The van der Waals surface area contributed by atoms with Crippen molar-refractivity contribution in [2.75, 3.05) is 7.11 Å². The van der Waals surface area contributed by atoms with E-state index in [-0.39, 0.29) is 5.82 Å². The number of ether oxygens (including phenoxy) is 1. The Kier molecular flexibility index (Phi) is 4.05. The Bertz CT molecular complexity index is 359. The summed E-state index contributed by atoms with van der Waals surface area (Å²) in [5.41, 5.74) is 0.584. The number of rotatable bonds is 4. The molecule has 2 nitrogen and oxygen atoms in total. The number of methoxy groups -OCH3 is 1. The third kappa shape index (κ3) is 2.42. The normalized spacial score (nSPS) is 16.9. The van der Waals surface area contributed by atoms with E-state index in [9.17, 15) is 9.50 Å². The van der Waals surface area contributed by atoms with Crippen LogP contribution in [0.25, 0.3) is 0 Å². The Morgan fingerprint density at radius 1 is 1.50 bits per heavy atom. The van der Waals surface area contributed by atoms with Crippen LogP contribution in [0.2, 0.25) is 0 Å². The van der Waals surface area contributed by atoms with Gasteiger partial charge in [0, 0.05) is 7.11 Å². The topological polar surface area (TPSA) is 29.5 Å². The summed E-state index contributed by atoms with van der Waals surface area (Å²) in [6, 6.07) is 4.63. The number of aliphatic hydroxyl groups excluding tert-OH is 1. The number of benzene rings is 1. The van der Waals surface area contributed by atoms with Crippen molar-refractivity contribution in [3.8, 4) is 0 Å². The summed E-state index contributed by atoms with van der Waals surface area (Å²) >= 11 is 0. The zero-order chi connectivity index (χ0) is 12.3. The largest absolute Gasteiger partial charge is 0.385 e. The van der Waals surface area contributed by atoms with Gasteiger partial charge >= 0.3 is 0 Å². The van der Waals surface area contributed by atoms with E-state index in [1.165, 1.54) is 6.07 Å². The van der Waals surface area contributed by atoms with E-state index in [0.717, 1.165) is 0 Å². The average molecular weight is 226 g/mol. The molecule has 16 heavy (non-hydrogen) atoms. The molecule has 0 aliphatic rings. The summed E-state index contributed by atoms with van der Waals surface area (Å²) in [6.07, 6.45) is -0.0667. The summed E-state index contributed by atoms with van der Waals surface area (Å²) < 4.78 is 18.4. The third-order valence-corrected chi connectivity index (χ3v) is 3.24. The summed E-state index contributed by atoms with van der Waals surface area (Å²) in [5, 5.41) is 10.2. The lowest BCUT2D eigenvalue weighted by Gasteiger charge is -2.32. The van der Waals surface area contributed by atoms with E-state index in [4.69, 9.17) is 4.74 Å². The van der Waals surface area contributed by atoms with Crippen molar-refractivity contribution in [1.29, 1.82) is 0 Å². The maximum atomic E-state index is 13.1. The molecule has 2 atom stereocenters. The summed E-state index contributed by atoms with van der Waals surface area (Å²) in [4.78, 5) is 0. The van der Waals surface area contributed by atoms with E-state index in [1.54, 1.807) is 26.2 Å². The molecule has 0 aromatic heterocycles. The average Bonchev–Trinajstić information content (AvgIpc) is 2.30. The first-order valence-corrected chi connectivity index (χ1v) is 5.44. The van der Waals surface area contributed by atoms with Crippen molar-refractivity contribution in [3.63, 3.8) is 0 Å². The number of hydrogen-bond acceptors (Lipinski definition) is 2. The quantitative estimate of drug-likeness (QED) is 0.855. The van der Waals surface area contributed by atoms with Crippen molar-refractivity contribution >= 4 is 0 Å². The molecule has 0 aliphatic heterocycles. The second-order valence-electron chi connectivity index (χ2n) is 4.28. The Labute approximate surface area is 96.1 Å². The van der Waals surface area contributed by atoms with Gasteiger partial charge in [-0.15, -0.1) is 0 Å². The molecule has 90 valence electrons. The van der Waals surface area contributed by atoms with Gasteiger partial charge in [0.15, 0.2) is 0 Å². The van der Waals surface area contributed by atoms with Gasteiger partial charge in [-0.25, -0.2) is 4.39 Å². The van der Waals surface area contributed by atoms with Crippen molar-refractivity contribution in [2.45, 2.75) is 38.9 Å². The summed E-state index contributed by atoms with van der Waals surface area (Å²) in [7, 11) is 1.57. The number of halogens is 1. The number of hydrogen-bond donors (Lipinski definition) is 1. The fourth-order valence-corrected chi connectivity index (χ4v) is 1.64. The molecule has 0 bridgehead atoms. The zero-order valence-corrected chi connectivity index (χ0v) is 10.2. The molecule has 0 spiro atoms. The van der Waals surface area contributed by atoms with Crippen molar-refractivity contribution < 1.29 is 14.2 Å². The lowest BCUT2D eigenvalue weighted by atomic mass is 9.89. The minimum atomic E-state index is -0.748. The molecule has 1 aromatic rings. The minimum Gasteiger partial charge on any atom is -0.385 e. The zero-order valence-electron chi connectivity index (χ0n) is 10.2. The van der Waals surface area contributed by atoms with Crippen LogP contribution in [0.1, 0.15) is 37.5 Å². The molecular formula is C13H19FO2. The van der Waals surface area contributed by atoms with E-state index < -0.39 is 11.7 Å². The van der Waals surface area contributed by atoms with Crippen LogP contribution in [0, 0.1) is 12.7 Å². The van der Waals surface area contributed by atoms with Gasteiger partial charge in [-0.3, -0.25) is 0 Å². The summed E-state index contributed by atoms with van der Waals surface area (Å²) in [5.74, 6) is -0.258. The van der Waals surface area contributed by atoms with Crippen LogP contribution < -0.4 is 0 Å². The van der Waals surface area contributed by atoms with Gasteiger partial charge in [-0.1, -0.05) is 19.1 Å². The van der Waals surface area contributed by atoms with E-state index in [1.807, 2.05) is 13.8 Å². The van der Waals surface area contributed by atoms with Crippen LogP contribution in [0.4, 0.5) is 4.39 Å². The van der Waals surface area contributed by atoms with Crippen molar-refractivity contribution in [3.05, 3.63) is 35.1 Å². The van der Waals surface area contributed by atoms with Crippen LogP contribution in [0.5, 0.6) is 0 Å². The lowest BCUT2D eigenvalue weighted by Crippen LogP contribution is -2.34. The van der Waals surface area contributed by atoms with Gasteiger partial charge in [-0.05, 0) is 37.5 Å². The molecule has 1 rings (SSSR count). The van der Waals surface area contributed by atoms with Crippen LogP contribution >= 0.6 is 0 Å². The minimum absolute atomic E-state index is 0.258. The van der Waals surface area contributed by atoms with Crippen molar-refractivity contribution in [2.24, 2.45) is 0 Å². The van der Waals surface area contributed by atoms with Crippen LogP contribution in [-0.4, -0.2) is 17.8 Å². The molecule has 3 heteroatoms. The maximum Gasteiger partial charge on any atom is 0.126 e. The Hall–Kier alpha value is -0.930. The molecule has 0 heterocycles. The highest BCUT2D eigenvalue weighted by Gasteiger charge is 2.32. The Balaban J connectivity index is 3.04. The van der Waals surface area contributed by atoms with Crippen molar-refractivity contribution in [1.82, 2.24) is 0 Å². The molecule has 0 aliphatic carbocycles. The molecule has 0 saturated carbocycles. The predicted molar refractivity (Wildman–Crippen MR) is 61.8 cm³/mol. The van der Waals surface area contributed by atoms with Gasteiger partial charge in [0.05, 0.1) is 5.60 Å². The lowest BCUT2D eigenvalue weighted by molar-refractivity contribution is -0.0944. The molecule has 1 N–H and O–H groups in total. The molecule has 0 radical (unpaired) electrons. The van der Waals surface area contributed by atoms with Gasteiger partial charge in [0.25, 0.3) is 0 Å². The Morgan fingerprint density at radius 2 is 2.12 bits per heavy atom. The van der Waals surface area contributed by atoms with Crippen LogP contribution in [0.15, 0.2) is 18.2 Å². The molecular weight excluding hydrogens is 207 g/mol. The highest BCUT2D eigenvalue weighted by molar-refractivity contribution is 5.27. The van der Waals surface area contributed by atoms with Crippen LogP contribution in [-0.2, 0) is 4.74 Å². The third-order valence-electron chi connectivity index (χ3n) is 3.24. The SMILES string of the molecule is CCC(C)(OC)C(O)c1ccc(F)c(C)c1.